The van der Waals surface area contributed by atoms with Crippen LogP contribution in [0.3, 0.4) is 0 Å². The smallest absolute Gasteiger partial charge is 0.320 e. The van der Waals surface area contributed by atoms with Crippen LogP contribution < -0.4 is 4.90 Å². The predicted octanol–water partition coefficient (Wildman–Crippen LogP) is 2.11. The van der Waals surface area contributed by atoms with E-state index in [1.807, 2.05) is 17.2 Å². The van der Waals surface area contributed by atoms with E-state index in [0.29, 0.717) is 44.9 Å². The first kappa shape index (κ1) is 22.8. The quantitative estimate of drug-likeness (QED) is 0.659. The topological polar surface area (TPSA) is 72.4 Å². The number of amides is 2. The molecule has 4 aliphatic rings. The molecule has 2 amide bonds. The van der Waals surface area contributed by atoms with Crippen molar-refractivity contribution >= 4 is 11.7 Å². The Morgan fingerprint density at radius 2 is 1.74 bits per heavy atom. The van der Waals surface area contributed by atoms with Crippen LogP contribution in [0.25, 0.3) is 0 Å². The fraction of sp³-hybridized carbons (Fsp3) is 0.556. The van der Waals surface area contributed by atoms with Crippen molar-refractivity contribution < 1.29 is 14.6 Å². The second-order valence-corrected chi connectivity index (χ2v) is 10.4. The highest BCUT2D eigenvalue weighted by Gasteiger charge is 2.34. The summed E-state index contributed by atoms with van der Waals surface area (Å²) in [7, 11) is 0. The number of carbonyl (C=O) groups is 1. The van der Waals surface area contributed by atoms with Crippen molar-refractivity contribution in [1.29, 1.82) is 0 Å². The number of aliphatic hydroxyl groups excluding tert-OH is 1. The first-order valence-corrected chi connectivity index (χ1v) is 13.0. The van der Waals surface area contributed by atoms with Crippen LogP contribution in [-0.2, 0) is 24.2 Å². The number of benzene rings is 1. The molecule has 2 bridgehead atoms. The van der Waals surface area contributed by atoms with Crippen molar-refractivity contribution in [2.45, 2.75) is 50.7 Å². The number of nitrogens with zero attached hydrogens (tertiary/aromatic N) is 5. The number of β-amino-alcohol motifs (C(OH)–C–C–N with tert-alkyl or cyclic N) is 1. The van der Waals surface area contributed by atoms with Crippen molar-refractivity contribution in [3.63, 3.8) is 0 Å². The normalized spacial score (nSPS) is 25.3. The molecule has 5 heterocycles. The number of morpholine rings is 1. The number of hydrogen-bond donors (Lipinski definition) is 1. The number of anilines is 1. The average molecular weight is 478 g/mol. The third-order valence-corrected chi connectivity index (χ3v) is 7.86. The summed E-state index contributed by atoms with van der Waals surface area (Å²) in [5.41, 5.74) is 4.77. The van der Waals surface area contributed by atoms with Gasteiger partial charge in [-0.05, 0) is 42.5 Å². The van der Waals surface area contributed by atoms with E-state index in [-0.39, 0.29) is 6.03 Å². The zero-order valence-corrected chi connectivity index (χ0v) is 20.3. The van der Waals surface area contributed by atoms with Gasteiger partial charge in [-0.25, -0.2) is 4.79 Å². The molecule has 1 aromatic heterocycles. The Labute approximate surface area is 207 Å². The zero-order chi connectivity index (χ0) is 23.8. The summed E-state index contributed by atoms with van der Waals surface area (Å²) in [5, 5.41) is 10.7. The lowest BCUT2D eigenvalue weighted by atomic mass is 10.00. The molecule has 1 N–H and O–H groups in total. The number of aliphatic hydroxyl groups is 1. The first-order valence-electron chi connectivity index (χ1n) is 13.0. The third kappa shape index (κ3) is 5.01. The van der Waals surface area contributed by atoms with Crippen molar-refractivity contribution in [3.8, 4) is 0 Å². The number of rotatable bonds is 7. The number of urea groups is 1. The molecule has 3 saturated heterocycles. The average Bonchev–Trinajstić information content (AvgIpc) is 3.39. The number of hydrogen-bond acceptors (Lipinski definition) is 6. The Balaban J connectivity index is 0.987. The van der Waals surface area contributed by atoms with Gasteiger partial charge < -0.3 is 24.5 Å². The monoisotopic (exact) mass is 477 g/mol. The summed E-state index contributed by atoms with van der Waals surface area (Å²) < 4.78 is 5.94. The van der Waals surface area contributed by atoms with E-state index in [1.165, 1.54) is 11.1 Å². The molecule has 8 heteroatoms. The maximum absolute atomic E-state index is 13.0. The lowest BCUT2D eigenvalue weighted by Gasteiger charge is -2.33. The van der Waals surface area contributed by atoms with E-state index >= 15 is 0 Å². The van der Waals surface area contributed by atoms with Gasteiger partial charge in [-0.3, -0.25) is 9.88 Å². The van der Waals surface area contributed by atoms with Crippen LogP contribution in [-0.4, -0.2) is 94.9 Å². The van der Waals surface area contributed by atoms with Crippen LogP contribution in [0.15, 0.2) is 42.6 Å². The SMILES string of the molecule is O=C1N(Cc2ccc(N3CC4CCC(C3)O4)cn2)CCN1CC(O)CN1CCc2ccccc2C1. The van der Waals surface area contributed by atoms with Gasteiger partial charge in [0.05, 0.1) is 42.4 Å². The lowest BCUT2D eigenvalue weighted by Crippen LogP contribution is -2.43. The summed E-state index contributed by atoms with van der Waals surface area (Å²) >= 11 is 0. The Hall–Kier alpha value is -2.68. The molecule has 6 rings (SSSR count). The molecule has 35 heavy (non-hydrogen) atoms. The van der Waals surface area contributed by atoms with E-state index in [4.69, 9.17) is 4.74 Å². The van der Waals surface area contributed by atoms with Gasteiger partial charge in [-0.15, -0.1) is 0 Å². The van der Waals surface area contributed by atoms with Gasteiger partial charge in [0.15, 0.2) is 0 Å². The molecule has 8 nitrogen and oxygen atoms in total. The minimum absolute atomic E-state index is 0.0105. The standard InChI is InChI=1S/C27H35N5O3/c33-24(16-29-10-9-20-3-1-2-4-21(20)14-29)17-31-12-11-30(27(31)34)15-22-5-6-23(13-28-22)32-18-25-7-8-26(19-32)35-25/h1-6,13,24-26,33H,7-12,14-19H2. The second kappa shape index (κ2) is 9.76. The van der Waals surface area contributed by atoms with E-state index in [9.17, 15) is 9.90 Å². The van der Waals surface area contributed by atoms with Crippen LogP contribution in [0.2, 0.25) is 0 Å². The van der Waals surface area contributed by atoms with Gasteiger partial charge in [0.2, 0.25) is 0 Å². The third-order valence-electron chi connectivity index (χ3n) is 7.86. The number of pyridine rings is 1. The largest absolute Gasteiger partial charge is 0.390 e. The second-order valence-electron chi connectivity index (χ2n) is 10.4. The minimum atomic E-state index is -0.551. The molecule has 3 atom stereocenters. The molecule has 3 fully saturated rings. The highest BCUT2D eigenvalue weighted by Crippen LogP contribution is 2.29. The molecule has 0 saturated carbocycles. The maximum Gasteiger partial charge on any atom is 0.320 e. The van der Waals surface area contributed by atoms with Crippen LogP contribution in [0, 0.1) is 0 Å². The first-order chi connectivity index (χ1) is 17.1. The van der Waals surface area contributed by atoms with E-state index in [1.54, 1.807) is 4.90 Å². The molecular formula is C27H35N5O3. The van der Waals surface area contributed by atoms with Crippen molar-refractivity contribution in [1.82, 2.24) is 19.7 Å². The van der Waals surface area contributed by atoms with Gasteiger partial charge in [0, 0.05) is 52.4 Å². The molecule has 0 aliphatic carbocycles. The molecule has 186 valence electrons. The van der Waals surface area contributed by atoms with Crippen LogP contribution >= 0.6 is 0 Å². The molecule has 2 aromatic rings. The maximum atomic E-state index is 13.0. The number of fused-ring (bicyclic) bond motifs is 3. The van der Waals surface area contributed by atoms with Crippen molar-refractivity contribution in [3.05, 3.63) is 59.4 Å². The molecule has 4 aliphatic heterocycles. The van der Waals surface area contributed by atoms with Gasteiger partial charge in [-0.1, -0.05) is 24.3 Å². The van der Waals surface area contributed by atoms with Crippen molar-refractivity contribution in [2.75, 3.05) is 50.7 Å². The summed E-state index contributed by atoms with van der Waals surface area (Å²) in [4.78, 5) is 25.9. The summed E-state index contributed by atoms with van der Waals surface area (Å²) in [6, 6.07) is 12.7. The predicted molar refractivity (Wildman–Crippen MR) is 133 cm³/mol. The fourth-order valence-corrected chi connectivity index (χ4v) is 5.99. The molecule has 0 radical (unpaired) electrons. The number of aromatic nitrogens is 1. The Morgan fingerprint density at radius 3 is 2.51 bits per heavy atom. The summed E-state index contributed by atoms with van der Waals surface area (Å²) in [6.45, 7) is 6.45. The zero-order valence-electron chi connectivity index (χ0n) is 20.3. The van der Waals surface area contributed by atoms with Gasteiger partial charge in [0.25, 0.3) is 0 Å². The highest BCUT2D eigenvalue weighted by molar-refractivity contribution is 5.76. The lowest BCUT2D eigenvalue weighted by molar-refractivity contribution is 0.0305. The molecule has 0 spiro atoms. The highest BCUT2D eigenvalue weighted by atomic mass is 16.5. The minimum Gasteiger partial charge on any atom is -0.390 e. The molecule has 3 unspecified atom stereocenters. The number of carbonyl (C=O) groups excluding carboxylic acids is 1. The summed E-state index contributed by atoms with van der Waals surface area (Å²) in [5.74, 6) is 0. The van der Waals surface area contributed by atoms with E-state index in [2.05, 4.69) is 45.1 Å². The Bertz CT molecular complexity index is 1040. The summed E-state index contributed by atoms with van der Waals surface area (Å²) in [6.07, 6.45) is 5.40. The van der Waals surface area contributed by atoms with E-state index < -0.39 is 6.10 Å². The van der Waals surface area contributed by atoms with Gasteiger partial charge in [0.1, 0.15) is 0 Å². The van der Waals surface area contributed by atoms with Crippen LogP contribution in [0.1, 0.15) is 29.7 Å². The molecule has 1 aromatic carbocycles. The van der Waals surface area contributed by atoms with Crippen molar-refractivity contribution in [2.24, 2.45) is 0 Å². The van der Waals surface area contributed by atoms with Gasteiger partial charge >= 0.3 is 6.03 Å². The van der Waals surface area contributed by atoms with Gasteiger partial charge in [-0.2, -0.15) is 0 Å². The van der Waals surface area contributed by atoms with Crippen LogP contribution in [0.5, 0.6) is 0 Å². The Kier molecular flexibility index (Phi) is 6.35. The number of ether oxygens (including phenoxy) is 1. The fourth-order valence-electron chi connectivity index (χ4n) is 5.99. The van der Waals surface area contributed by atoms with E-state index in [0.717, 1.165) is 56.8 Å². The van der Waals surface area contributed by atoms with Crippen LogP contribution in [0.4, 0.5) is 10.5 Å². The molecular weight excluding hydrogens is 442 g/mol. The Morgan fingerprint density at radius 1 is 0.971 bits per heavy atom.